The van der Waals surface area contributed by atoms with Gasteiger partial charge in [-0.2, -0.15) is 0 Å². The highest BCUT2D eigenvalue weighted by molar-refractivity contribution is 5.31. The molecule has 2 rings (SSSR count). The summed E-state index contributed by atoms with van der Waals surface area (Å²) >= 11 is 0. The molecular weight excluding hydrogens is 208 g/mol. The number of nitrogens with one attached hydrogen (secondary N) is 1. The van der Waals surface area contributed by atoms with Crippen LogP contribution in [-0.4, -0.2) is 31.1 Å². The van der Waals surface area contributed by atoms with Crippen LogP contribution in [0.3, 0.4) is 0 Å². The first-order chi connectivity index (χ1) is 8.18. The van der Waals surface area contributed by atoms with Crippen molar-refractivity contribution in [1.82, 2.24) is 10.2 Å². The number of nitrogens with zero attached hydrogens (tertiary/aromatic N) is 1. The first kappa shape index (κ1) is 12.6. The van der Waals surface area contributed by atoms with E-state index >= 15 is 0 Å². The molecule has 0 spiro atoms. The summed E-state index contributed by atoms with van der Waals surface area (Å²) < 4.78 is 0. The molecule has 0 aliphatic carbocycles. The zero-order chi connectivity index (χ0) is 12.3. The molecule has 2 heteroatoms. The largest absolute Gasteiger partial charge is 0.315 e. The summed E-state index contributed by atoms with van der Waals surface area (Å²) in [7, 11) is 0. The van der Waals surface area contributed by atoms with Gasteiger partial charge in [-0.25, -0.2) is 0 Å². The number of benzene rings is 1. The first-order valence-electron chi connectivity index (χ1n) is 6.70. The molecule has 0 bridgehead atoms. The lowest BCUT2D eigenvalue weighted by Crippen LogP contribution is -2.30. The van der Waals surface area contributed by atoms with Crippen molar-refractivity contribution in [2.24, 2.45) is 0 Å². The number of hydrogen-bond acceptors (Lipinski definition) is 2. The molecule has 1 saturated heterocycles. The Morgan fingerprint density at radius 1 is 1.12 bits per heavy atom. The Kier molecular flexibility index (Phi) is 4.19. The normalized spacial score (nSPS) is 19.9. The fraction of sp³-hybridized carbons (Fsp3) is 0.600. The standard InChI is InChI=1S/C15H24N2/c1-12-5-6-15(11-13(12)2)14(3)17-9-4-7-16-8-10-17/h5-6,11,14,16H,4,7-10H2,1-3H3. The smallest absolute Gasteiger partial charge is 0.0320 e. The molecule has 1 aromatic carbocycles. The molecule has 0 radical (unpaired) electrons. The van der Waals surface area contributed by atoms with Crippen LogP contribution in [0.15, 0.2) is 18.2 Å². The highest BCUT2D eigenvalue weighted by Crippen LogP contribution is 2.22. The third-order valence-electron chi connectivity index (χ3n) is 3.94. The molecule has 1 unspecified atom stereocenters. The molecule has 1 atom stereocenters. The lowest BCUT2D eigenvalue weighted by molar-refractivity contribution is 0.225. The topological polar surface area (TPSA) is 15.3 Å². The Bertz CT molecular complexity index is 365. The van der Waals surface area contributed by atoms with Gasteiger partial charge in [0.05, 0.1) is 0 Å². The molecule has 2 nitrogen and oxygen atoms in total. The fourth-order valence-electron chi connectivity index (χ4n) is 2.49. The molecule has 1 aliphatic rings. The molecule has 0 amide bonds. The van der Waals surface area contributed by atoms with E-state index in [1.165, 1.54) is 29.7 Å². The SMILES string of the molecule is Cc1ccc(C(C)N2CCCNCC2)cc1C. The van der Waals surface area contributed by atoms with Gasteiger partial charge in [0.2, 0.25) is 0 Å². The molecule has 1 N–H and O–H groups in total. The quantitative estimate of drug-likeness (QED) is 0.843. The second kappa shape index (κ2) is 5.65. The van der Waals surface area contributed by atoms with Gasteiger partial charge in [-0.3, -0.25) is 4.90 Å². The van der Waals surface area contributed by atoms with Crippen LogP contribution in [-0.2, 0) is 0 Å². The Morgan fingerprint density at radius 2 is 1.94 bits per heavy atom. The van der Waals surface area contributed by atoms with Crippen molar-refractivity contribution in [2.75, 3.05) is 26.2 Å². The molecular formula is C15H24N2. The summed E-state index contributed by atoms with van der Waals surface area (Å²) in [6.45, 7) is 11.4. The van der Waals surface area contributed by atoms with E-state index in [0.717, 1.165) is 19.6 Å². The van der Waals surface area contributed by atoms with Crippen molar-refractivity contribution in [1.29, 1.82) is 0 Å². The van der Waals surface area contributed by atoms with Crippen LogP contribution in [0.5, 0.6) is 0 Å². The van der Waals surface area contributed by atoms with Gasteiger partial charge in [0, 0.05) is 19.1 Å². The fourth-order valence-corrected chi connectivity index (χ4v) is 2.49. The zero-order valence-corrected chi connectivity index (χ0v) is 11.3. The van der Waals surface area contributed by atoms with E-state index < -0.39 is 0 Å². The summed E-state index contributed by atoms with van der Waals surface area (Å²) in [4.78, 5) is 2.59. The van der Waals surface area contributed by atoms with E-state index in [0.29, 0.717) is 6.04 Å². The van der Waals surface area contributed by atoms with Crippen molar-refractivity contribution in [3.63, 3.8) is 0 Å². The van der Waals surface area contributed by atoms with Crippen LogP contribution in [0.2, 0.25) is 0 Å². The maximum atomic E-state index is 3.46. The lowest BCUT2D eigenvalue weighted by atomic mass is 10.0. The summed E-state index contributed by atoms with van der Waals surface area (Å²) in [6.07, 6.45) is 1.26. The second-order valence-electron chi connectivity index (χ2n) is 5.16. The van der Waals surface area contributed by atoms with E-state index in [4.69, 9.17) is 0 Å². The molecule has 0 saturated carbocycles. The second-order valence-corrected chi connectivity index (χ2v) is 5.16. The molecule has 0 aromatic heterocycles. The third kappa shape index (κ3) is 3.08. The predicted octanol–water partition coefficient (Wildman–Crippen LogP) is 2.66. The van der Waals surface area contributed by atoms with Crippen LogP contribution in [0.4, 0.5) is 0 Å². The van der Waals surface area contributed by atoms with Crippen molar-refractivity contribution in [2.45, 2.75) is 33.2 Å². The molecule has 1 aliphatic heterocycles. The van der Waals surface area contributed by atoms with Crippen LogP contribution >= 0.6 is 0 Å². The number of rotatable bonds is 2. The van der Waals surface area contributed by atoms with Crippen molar-refractivity contribution in [3.05, 3.63) is 34.9 Å². The van der Waals surface area contributed by atoms with E-state index in [1.807, 2.05) is 0 Å². The lowest BCUT2D eigenvalue weighted by Gasteiger charge is -2.28. The minimum atomic E-state index is 0.536. The molecule has 1 heterocycles. The van der Waals surface area contributed by atoms with Gasteiger partial charge in [-0.15, -0.1) is 0 Å². The maximum absolute atomic E-state index is 3.46. The van der Waals surface area contributed by atoms with E-state index in [-0.39, 0.29) is 0 Å². The third-order valence-corrected chi connectivity index (χ3v) is 3.94. The minimum absolute atomic E-state index is 0.536. The highest BCUT2D eigenvalue weighted by atomic mass is 15.2. The van der Waals surface area contributed by atoms with Crippen LogP contribution in [0.25, 0.3) is 0 Å². The van der Waals surface area contributed by atoms with Crippen LogP contribution in [0.1, 0.15) is 36.1 Å². The summed E-state index contributed by atoms with van der Waals surface area (Å²) in [5.41, 5.74) is 4.25. The van der Waals surface area contributed by atoms with Gasteiger partial charge < -0.3 is 5.32 Å². The van der Waals surface area contributed by atoms with E-state index in [9.17, 15) is 0 Å². The Balaban J connectivity index is 2.11. The zero-order valence-electron chi connectivity index (χ0n) is 11.3. The first-order valence-corrected chi connectivity index (χ1v) is 6.70. The predicted molar refractivity (Wildman–Crippen MR) is 73.4 cm³/mol. The number of aryl methyl sites for hydroxylation is 2. The molecule has 1 fully saturated rings. The molecule has 1 aromatic rings. The van der Waals surface area contributed by atoms with Gasteiger partial charge >= 0.3 is 0 Å². The van der Waals surface area contributed by atoms with Crippen LogP contribution in [0, 0.1) is 13.8 Å². The van der Waals surface area contributed by atoms with E-state index in [2.05, 4.69) is 49.2 Å². The van der Waals surface area contributed by atoms with Gasteiger partial charge in [0.25, 0.3) is 0 Å². The van der Waals surface area contributed by atoms with Crippen molar-refractivity contribution >= 4 is 0 Å². The van der Waals surface area contributed by atoms with Crippen molar-refractivity contribution < 1.29 is 0 Å². The number of hydrogen-bond donors (Lipinski definition) is 1. The average Bonchev–Trinajstić information content (AvgIpc) is 2.60. The maximum Gasteiger partial charge on any atom is 0.0320 e. The molecule has 17 heavy (non-hydrogen) atoms. The summed E-state index contributed by atoms with van der Waals surface area (Å²) in [5.74, 6) is 0. The summed E-state index contributed by atoms with van der Waals surface area (Å²) in [6, 6.07) is 7.41. The Labute approximate surface area is 105 Å². The van der Waals surface area contributed by atoms with Gasteiger partial charge in [0.15, 0.2) is 0 Å². The Morgan fingerprint density at radius 3 is 2.71 bits per heavy atom. The molecule has 94 valence electrons. The monoisotopic (exact) mass is 232 g/mol. The van der Waals surface area contributed by atoms with Gasteiger partial charge in [-0.05, 0) is 57.0 Å². The summed E-state index contributed by atoms with van der Waals surface area (Å²) in [5, 5.41) is 3.46. The minimum Gasteiger partial charge on any atom is -0.315 e. The van der Waals surface area contributed by atoms with Crippen molar-refractivity contribution in [3.8, 4) is 0 Å². The van der Waals surface area contributed by atoms with E-state index in [1.54, 1.807) is 0 Å². The Hall–Kier alpha value is -0.860. The van der Waals surface area contributed by atoms with Gasteiger partial charge in [0.1, 0.15) is 0 Å². The van der Waals surface area contributed by atoms with Gasteiger partial charge in [-0.1, -0.05) is 18.2 Å². The highest BCUT2D eigenvalue weighted by Gasteiger charge is 2.17. The van der Waals surface area contributed by atoms with Crippen LogP contribution < -0.4 is 5.32 Å². The average molecular weight is 232 g/mol.